The number of aromatic nitrogens is 3. The van der Waals surface area contributed by atoms with Crippen LogP contribution in [0.1, 0.15) is 51.5 Å². The first-order valence-corrected chi connectivity index (χ1v) is 24.3. The van der Waals surface area contributed by atoms with E-state index in [-0.39, 0.29) is 47.3 Å². The van der Waals surface area contributed by atoms with Crippen molar-refractivity contribution >= 4 is 68.0 Å². The molecule has 1 atom stereocenters. The number of amides is 5. The maximum Gasteiger partial charge on any atom is 0.261 e. The second-order valence-electron chi connectivity index (χ2n) is 16.3. The van der Waals surface area contributed by atoms with E-state index in [1.807, 2.05) is 47.4 Å². The predicted octanol–water partition coefficient (Wildman–Crippen LogP) is 3.16. The van der Waals surface area contributed by atoms with Crippen molar-refractivity contribution in [3.63, 3.8) is 0 Å². The molecule has 5 amide bonds. The molecule has 0 radical (unpaired) electrons. The average molecular weight is 952 g/mol. The standard InChI is InChI=1S/C47H53N9O11S/c1-68(62,63)34-11-5-31(6-12-34)38-3-2-4-39-50-47(53-56(38)39)49-32-7-9-33(10-8-32)54-19-21-55(22-20-54)41(58)17-23-64-25-27-66-29-30-67-28-26-65-24-18-48-43-35(36-15-16-40(57)51-44(36)59)13-14-37-42(43)46(61)52-45(37)60/h2-14,36,48H,15-30H2,1H3,(H,49,53)(H,51,57,59)(H,52,60,61). The maximum atomic E-state index is 12.9. The van der Waals surface area contributed by atoms with Gasteiger partial charge >= 0.3 is 0 Å². The number of anilines is 4. The van der Waals surface area contributed by atoms with E-state index in [9.17, 15) is 32.4 Å². The molecule has 21 heteroatoms. The van der Waals surface area contributed by atoms with Crippen LogP contribution in [0.5, 0.6) is 0 Å². The molecule has 2 fully saturated rings. The molecule has 0 aliphatic carbocycles. The molecule has 0 saturated carbocycles. The Balaban J connectivity index is 0.658. The van der Waals surface area contributed by atoms with Crippen LogP contribution in [-0.2, 0) is 43.2 Å². The van der Waals surface area contributed by atoms with E-state index in [1.165, 1.54) is 12.3 Å². The van der Waals surface area contributed by atoms with Crippen LogP contribution in [0.25, 0.3) is 16.9 Å². The molecule has 1 unspecified atom stereocenters. The summed E-state index contributed by atoms with van der Waals surface area (Å²) in [6, 6.07) is 23.5. The molecule has 68 heavy (non-hydrogen) atoms. The zero-order chi connectivity index (χ0) is 47.6. The number of nitrogens with zero attached hydrogens (tertiary/aromatic N) is 5. The van der Waals surface area contributed by atoms with Gasteiger partial charge in [-0.2, -0.15) is 4.98 Å². The van der Waals surface area contributed by atoms with Gasteiger partial charge in [0.2, 0.25) is 23.7 Å². The first-order valence-electron chi connectivity index (χ1n) is 22.4. The number of hydrogen-bond acceptors (Lipinski definition) is 16. The van der Waals surface area contributed by atoms with Gasteiger partial charge in [-0.1, -0.05) is 24.3 Å². The maximum absolute atomic E-state index is 12.9. The lowest BCUT2D eigenvalue weighted by Crippen LogP contribution is -2.49. The van der Waals surface area contributed by atoms with Crippen LogP contribution in [0, 0.1) is 0 Å². The Kier molecular flexibility index (Phi) is 15.4. The normalized spacial score (nSPS) is 16.2. The van der Waals surface area contributed by atoms with Crippen LogP contribution in [0.4, 0.5) is 23.0 Å². The Morgan fingerprint density at radius 2 is 1.44 bits per heavy atom. The van der Waals surface area contributed by atoms with Gasteiger partial charge in [0.1, 0.15) is 0 Å². The minimum atomic E-state index is -3.30. The van der Waals surface area contributed by atoms with Crippen LogP contribution in [0.3, 0.4) is 0 Å². The molecule has 358 valence electrons. The number of pyridine rings is 1. The minimum absolute atomic E-state index is 0.0509. The lowest BCUT2D eigenvalue weighted by atomic mass is 9.87. The Morgan fingerprint density at radius 1 is 0.765 bits per heavy atom. The summed E-state index contributed by atoms with van der Waals surface area (Å²) < 4.78 is 48.0. The van der Waals surface area contributed by atoms with E-state index < -0.39 is 33.5 Å². The number of piperazine rings is 1. The quantitative estimate of drug-likeness (QED) is 0.0576. The summed E-state index contributed by atoms with van der Waals surface area (Å²) in [7, 11) is -3.30. The summed E-state index contributed by atoms with van der Waals surface area (Å²) in [6.45, 7) is 5.59. The van der Waals surface area contributed by atoms with Crippen molar-refractivity contribution in [2.75, 3.05) is 107 Å². The van der Waals surface area contributed by atoms with Crippen LogP contribution in [0.2, 0.25) is 0 Å². The second-order valence-corrected chi connectivity index (χ2v) is 18.3. The number of rotatable bonds is 22. The number of piperidine rings is 1. The third-order valence-electron chi connectivity index (χ3n) is 11.7. The van der Waals surface area contributed by atoms with Crippen molar-refractivity contribution in [1.29, 1.82) is 0 Å². The summed E-state index contributed by atoms with van der Waals surface area (Å²) in [5.74, 6) is -2.00. The largest absolute Gasteiger partial charge is 0.382 e. The molecular weight excluding hydrogens is 899 g/mol. The number of carbonyl (C=O) groups excluding carboxylic acids is 5. The van der Waals surface area contributed by atoms with Gasteiger partial charge in [-0.15, -0.1) is 5.10 Å². The molecule has 3 aliphatic heterocycles. The molecule has 2 saturated heterocycles. The van der Waals surface area contributed by atoms with Gasteiger partial charge < -0.3 is 39.4 Å². The smallest absolute Gasteiger partial charge is 0.261 e. The molecule has 5 aromatic rings. The van der Waals surface area contributed by atoms with E-state index >= 15 is 0 Å². The van der Waals surface area contributed by atoms with Crippen molar-refractivity contribution in [3.8, 4) is 11.3 Å². The third kappa shape index (κ3) is 11.7. The first kappa shape index (κ1) is 47.7. The van der Waals surface area contributed by atoms with Crippen LogP contribution in [-0.4, -0.2) is 149 Å². The van der Waals surface area contributed by atoms with E-state index in [0.717, 1.165) is 22.6 Å². The highest BCUT2D eigenvalue weighted by Gasteiger charge is 2.36. The average Bonchev–Trinajstić information content (AvgIpc) is 3.88. The SMILES string of the molecule is CS(=O)(=O)c1ccc(-c2cccc3nc(Nc4ccc(N5CCN(C(=O)CCOCCOCCOCCOCCNc6c(C7CCC(=O)NC7=O)ccc7c6C(=O)NC7=O)CC5)cc4)nn23)cc1. The highest BCUT2D eigenvalue weighted by Crippen LogP contribution is 2.36. The molecule has 0 spiro atoms. The van der Waals surface area contributed by atoms with Gasteiger partial charge in [-0.25, -0.2) is 12.9 Å². The van der Waals surface area contributed by atoms with E-state index in [4.69, 9.17) is 18.9 Å². The zero-order valence-corrected chi connectivity index (χ0v) is 38.3. The van der Waals surface area contributed by atoms with Crippen molar-refractivity contribution < 1.29 is 51.3 Å². The predicted molar refractivity (Wildman–Crippen MR) is 250 cm³/mol. The molecule has 4 N–H and O–H groups in total. The Morgan fingerprint density at radius 3 is 2.12 bits per heavy atom. The fourth-order valence-corrected chi connectivity index (χ4v) is 8.85. The van der Waals surface area contributed by atoms with Crippen molar-refractivity contribution in [2.45, 2.75) is 30.1 Å². The molecule has 20 nitrogen and oxygen atoms in total. The summed E-state index contributed by atoms with van der Waals surface area (Å²) >= 11 is 0. The van der Waals surface area contributed by atoms with E-state index in [0.29, 0.717) is 108 Å². The Labute approximate surface area is 392 Å². The number of fused-ring (bicyclic) bond motifs is 2. The molecule has 5 heterocycles. The number of nitrogens with one attached hydrogen (secondary N) is 4. The summed E-state index contributed by atoms with van der Waals surface area (Å²) in [5, 5.41) is 15.7. The number of benzene rings is 3. The summed E-state index contributed by atoms with van der Waals surface area (Å²) in [5.41, 5.74) is 5.42. The third-order valence-corrected chi connectivity index (χ3v) is 12.9. The minimum Gasteiger partial charge on any atom is -0.382 e. The van der Waals surface area contributed by atoms with E-state index in [1.54, 1.807) is 34.8 Å². The monoisotopic (exact) mass is 951 g/mol. The van der Waals surface area contributed by atoms with Gasteiger partial charge in [0.15, 0.2) is 15.5 Å². The molecule has 3 aromatic carbocycles. The molecule has 8 rings (SSSR count). The molecule has 0 bridgehead atoms. The molecule has 2 aromatic heterocycles. The van der Waals surface area contributed by atoms with Crippen molar-refractivity contribution in [1.82, 2.24) is 30.1 Å². The summed E-state index contributed by atoms with van der Waals surface area (Å²) in [4.78, 5) is 71.0. The second kappa shape index (κ2) is 21.9. The fourth-order valence-electron chi connectivity index (χ4n) is 8.22. The van der Waals surface area contributed by atoms with Crippen LogP contribution >= 0.6 is 0 Å². The molecule has 3 aliphatic rings. The lowest BCUT2D eigenvalue weighted by Gasteiger charge is -2.36. The van der Waals surface area contributed by atoms with Gasteiger partial charge in [-0.05, 0) is 66.6 Å². The van der Waals surface area contributed by atoms with Gasteiger partial charge in [0.05, 0.1) is 92.6 Å². The van der Waals surface area contributed by atoms with Gasteiger partial charge in [0, 0.05) is 62.3 Å². The zero-order valence-electron chi connectivity index (χ0n) is 37.5. The number of imide groups is 2. The Bertz CT molecular complexity index is 2760. The number of carbonyl (C=O) groups is 5. The number of hydrogen-bond donors (Lipinski definition) is 4. The highest BCUT2D eigenvalue weighted by atomic mass is 32.2. The van der Waals surface area contributed by atoms with Crippen LogP contribution in [0.15, 0.2) is 83.8 Å². The van der Waals surface area contributed by atoms with E-state index in [2.05, 4.69) is 36.2 Å². The van der Waals surface area contributed by atoms with Crippen LogP contribution < -0.4 is 26.2 Å². The topological polar surface area (TPSA) is 241 Å². The highest BCUT2D eigenvalue weighted by molar-refractivity contribution is 7.90. The fraction of sp³-hybridized carbons (Fsp3) is 0.383. The van der Waals surface area contributed by atoms with Crippen molar-refractivity contribution in [2.24, 2.45) is 0 Å². The summed E-state index contributed by atoms with van der Waals surface area (Å²) in [6.07, 6.45) is 1.94. The number of ether oxygens (including phenoxy) is 4. The van der Waals surface area contributed by atoms with Gasteiger partial charge in [0.25, 0.3) is 11.8 Å². The first-order chi connectivity index (χ1) is 32.9. The van der Waals surface area contributed by atoms with Crippen molar-refractivity contribution in [3.05, 3.63) is 95.6 Å². The number of sulfone groups is 1. The van der Waals surface area contributed by atoms with Gasteiger partial charge in [-0.3, -0.25) is 34.6 Å². The lowest BCUT2D eigenvalue weighted by molar-refractivity contribution is -0.134. The Hall–Kier alpha value is -6.78. The molecular formula is C47H53N9O11S.